The maximum Gasteiger partial charge on any atom is 0.251 e. The predicted molar refractivity (Wildman–Crippen MR) is 118 cm³/mol. The first-order chi connectivity index (χ1) is 14.5. The van der Waals surface area contributed by atoms with Gasteiger partial charge in [-0.25, -0.2) is 0 Å². The Morgan fingerprint density at radius 1 is 1.10 bits per heavy atom. The summed E-state index contributed by atoms with van der Waals surface area (Å²) in [5.41, 5.74) is 5.38. The molecule has 2 aromatic carbocycles. The Labute approximate surface area is 177 Å². The minimum absolute atomic E-state index is 0.0147. The monoisotopic (exact) mass is 401 g/mol. The van der Waals surface area contributed by atoms with Crippen LogP contribution in [0.1, 0.15) is 45.2 Å². The van der Waals surface area contributed by atoms with E-state index in [2.05, 4.69) is 60.3 Å². The molecule has 1 aliphatic carbocycles. The molecule has 1 amide bonds. The van der Waals surface area contributed by atoms with Crippen LogP contribution in [0.5, 0.6) is 5.75 Å². The first-order valence-corrected chi connectivity index (χ1v) is 10.3. The Balaban J connectivity index is 1.43. The number of hydrogen-bond acceptors (Lipinski definition) is 3. The Morgan fingerprint density at radius 2 is 1.83 bits per heavy atom. The van der Waals surface area contributed by atoms with Gasteiger partial charge >= 0.3 is 0 Å². The van der Waals surface area contributed by atoms with Gasteiger partial charge in [0.1, 0.15) is 5.75 Å². The number of carbonyl (C=O) groups excluding carboxylic acids is 1. The van der Waals surface area contributed by atoms with Crippen molar-refractivity contribution in [2.75, 3.05) is 7.11 Å². The van der Waals surface area contributed by atoms with Gasteiger partial charge in [-0.2, -0.15) is 5.10 Å². The van der Waals surface area contributed by atoms with E-state index in [9.17, 15) is 4.79 Å². The van der Waals surface area contributed by atoms with Crippen molar-refractivity contribution < 1.29 is 9.53 Å². The molecule has 2 atom stereocenters. The first-order valence-electron chi connectivity index (χ1n) is 10.3. The van der Waals surface area contributed by atoms with Crippen molar-refractivity contribution in [3.8, 4) is 5.75 Å². The van der Waals surface area contributed by atoms with E-state index in [1.54, 1.807) is 31.4 Å². The normalized spacial score (nSPS) is 17.8. The number of amides is 1. The van der Waals surface area contributed by atoms with E-state index in [0.29, 0.717) is 5.56 Å². The van der Waals surface area contributed by atoms with Gasteiger partial charge in [-0.1, -0.05) is 42.5 Å². The van der Waals surface area contributed by atoms with Crippen LogP contribution in [0.3, 0.4) is 0 Å². The van der Waals surface area contributed by atoms with Crippen LogP contribution >= 0.6 is 0 Å². The van der Waals surface area contributed by atoms with Crippen LogP contribution in [0.15, 0.2) is 66.7 Å². The van der Waals surface area contributed by atoms with Gasteiger partial charge in [0.15, 0.2) is 0 Å². The molecule has 5 heteroatoms. The van der Waals surface area contributed by atoms with Crippen LogP contribution in [-0.2, 0) is 6.54 Å². The van der Waals surface area contributed by atoms with Crippen molar-refractivity contribution in [1.29, 1.82) is 0 Å². The minimum Gasteiger partial charge on any atom is -0.497 e. The van der Waals surface area contributed by atoms with Crippen molar-refractivity contribution in [1.82, 2.24) is 15.1 Å². The molecule has 5 nitrogen and oxygen atoms in total. The van der Waals surface area contributed by atoms with E-state index in [4.69, 9.17) is 9.84 Å². The Hall–Kier alpha value is -3.34. The molecule has 0 spiro atoms. The Kier molecular flexibility index (Phi) is 5.70. The second-order valence-corrected chi connectivity index (χ2v) is 7.76. The van der Waals surface area contributed by atoms with Crippen molar-refractivity contribution in [2.45, 2.75) is 38.8 Å². The molecule has 4 rings (SSSR count). The van der Waals surface area contributed by atoms with Crippen molar-refractivity contribution in [2.24, 2.45) is 0 Å². The highest BCUT2D eigenvalue weighted by Crippen LogP contribution is 2.33. The molecule has 0 saturated carbocycles. The molecule has 1 heterocycles. The highest BCUT2D eigenvalue weighted by atomic mass is 16.5. The summed E-state index contributed by atoms with van der Waals surface area (Å²) in [6.07, 6.45) is 5.14. The van der Waals surface area contributed by atoms with Gasteiger partial charge in [0, 0.05) is 28.8 Å². The van der Waals surface area contributed by atoms with E-state index in [1.165, 1.54) is 16.8 Å². The summed E-state index contributed by atoms with van der Waals surface area (Å²) in [5.74, 6) is 0.933. The second kappa shape index (κ2) is 8.57. The van der Waals surface area contributed by atoms with Gasteiger partial charge < -0.3 is 10.1 Å². The number of nitrogens with one attached hydrogen (secondary N) is 1. The minimum atomic E-state index is -0.0684. The molecule has 154 valence electrons. The van der Waals surface area contributed by atoms with Crippen LogP contribution in [-0.4, -0.2) is 28.8 Å². The highest BCUT2D eigenvalue weighted by Gasteiger charge is 2.27. The molecule has 0 bridgehead atoms. The number of aryl methyl sites for hydroxylation is 1. The largest absolute Gasteiger partial charge is 0.497 e. The summed E-state index contributed by atoms with van der Waals surface area (Å²) in [4.78, 5) is 12.6. The SMILES string of the molecule is COc1ccc(C(=O)N[C@@H]2C=C[C@H](c3c(C)nn(Cc4ccccc4)c3C)C2)cc1. The molecule has 1 N–H and O–H groups in total. The molecule has 3 aromatic rings. The van der Waals surface area contributed by atoms with Gasteiger partial charge in [-0.15, -0.1) is 0 Å². The van der Waals surface area contributed by atoms with Crippen LogP contribution < -0.4 is 10.1 Å². The van der Waals surface area contributed by atoms with E-state index in [0.717, 1.165) is 24.4 Å². The topological polar surface area (TPSA) is 56.1 Å². The summed E-state index contributed by atoms with van der Waals surface area (Å²) in [6.45, 7) is 4.97. The summed E-state index contributed by atoms with van der Waals surface area (Å²) in [7, 11) is 1.62. The van der Waals surface area contributed by atoms with Crippen LogP contribution in [0.4, 0.5) is 0 Å². The number of carbonyl (C=O) groups is 1. The van der Waals surface area contributed by atoms with Crippen LogP contribution in [0.25, 0.3) is 0 Å². The van der Waals surface area contributed by atoms with Gasteiger partial charge in [-0.05, 0) is 50.1 Å². The summed E-state index contributed by atoms with van der Waals surface area (Å²) >= 11 is 0. The lowest BCUT2D eigenvalue weighted by molar-refractivity contribution is 0.0944. The maximum atomic E-state index is 12.6. The predicted octanol–water partition coefficient (Wildman–Crippen LogP) is 4.40. The number of aromatic nitrogens is 2. The fourth-order valence-electron chi connectivity index (χ4n) is 4.17. The number of rotatable bonds is 6. The molecule has 0 fully saturated rings. The third-order valence-electron chi connectivity index (χ3n) is 5.74. The fourth-order valence-corrected chi connectivity index (χ4v) is 4.17. The molecule has 0 aliphatic heterocycles. The quantitative estimate of drug-likeness (QED) is 0.623. The van der Waals surface area contributed by atoms with E-state index < -0.39 is 0 Å². The maximum absolute atomic E-state index is 12.6. The van der Waals surface area contributed by atoms with Gasteiger partial charge in [0.2, 0.25) is 0 Å². The molecule has 1 aromatic heterocycles. The van der Waals surface area contributed by atoms with Gasteiger partial charge in [0.05, 0.1) is 19.3 Å². The molecule has 0 saturated heterocycles. The van der Waals surface area contributed by atoms with Crippen LogP contribution in [0, 0.1) is 13.8 Å². The molecule has 0 unspecified atom stereocenters. The fraction of sp³-hybridized carbons (Fsp3) is 0.280. The standard InChI is InChI=1S/C25H27N3O2/c1-17-24(18(2)28(27-17)16-19-7-5-4-6-8-19)21-9-12-22(15-21)26-25(29)20-10-13-23(30-3)14-11-20/h4-14,21-22H,15-16H2,1-3H3,(H,26,29)/t21-,22+/m0/s1. The summed E-state index contributed by atoms with van der Waals surface area (Å²) < 4.78 is 7.24. The second-order valence-electron chi connectivity index (χ2n) is 7.76. The molecule has 0 radical (unpaired) electrons. The lowest BCUT2D eigenvalue weighted by Gasteiger charge is -2.15. The third-order valence-corrected chi connectivity index (χ3v) is 5.74. The van der Waals surface area contributed by atoms with E-state index in [1.807, 2.05) is 6.07 Å². The van der Waals surface area contributed by atoms with Crippen molar-refractivity contribution in [3.05, 3.63) is 94.8 Å². The summed E-state index contributed by atoms with van der Waals surface area (Å²) in [5, 5.41) is 7.91. The molecule has 1 aliphatic rings. The van der Waals surface area contributed by atoms with E-state index >= 15 is 0 Å². The molecular weight excluding hydrogens is 374 g/mol. The summed E-state index contributed by atoms with van der Waals surface area (Å²) in [6, 6.07) is 17.6. The zero-order chi connectivity index (χ0) is 21.1. The number of nitrogens with zero attached hydrogens (tertiary/aromatic N) is 2. The average molecular weight is 402 g/mol. The van der Waals surface area contributed by atoms with Gasteiger partial charge in [0.25, 0.3) is 5.91 Å². The Bertz CT molecular complexity index is 1050. The van der Waals surface area contributed by atoms with Crippen molar-refractivity contribution in [3.63, 3.8) is 0 Å². The van der Waals surface area contributed by atoms with Gasteiger partial charge in [-0.3, -0.25) is 9.48 Å². The average Bonchev–Trinajstić information content (AvgIpc) is 3.32. The number of hydrogen-bond donors (Lipinski definition) is 1. The lowest BCUT2D eigenvalue weighted by atomic mass is 9.96. The number of methoxy groups -OCH3 is 1. The molecule has 30 heavy (non-hydrogen) atoms. The van der Waals surface area contributed by atoms with Crippen LogP contribution in [0.2, 0.25) is 0 Å². The third kappa shape index (κ3) is 4.15. The zero-order valence-corrected chi connectivity index (χ0v) is 17.6. The zero-order valence-electron chi connectivity index (χ0n) is 17.6. The highest BCUT2D eigenvalue weighted by molar-refractivity contribution is 5.94. The smallest absolute Gasteiger partial charge is 0.251 e. The number of benzene rings is 2. The molecular formula is C25H27N3O2. The number of ether oxygens (including phenoxy) is 1. The van der Waals surface area contributed by atoms with Crippen molar-refractivity contribution >= 4 is 5.91 Å². The Morgan fingerprint density at radius 3 is 2.53 bits per heavy atom. The lowest BCUT2D eigenvalue weighted by Crippen LogP contribution is -2.32. The number of allylic oxidation sites excluding steroid dienone is 1. The van der Waals surface area contributed by atoms with E-state index in [-0.39, 0.29) is 17.9 Å². The first kappa shape index (κ1) is 20.0.